The molecular weight excluding hydrogens is 190 g/mol. The Morgan fingerprint density at radius 3 is 2.57 bits per heavy atom. The summed E-state index contributed by atoms with van der Waals surface area (Å²) in [5.74, 6) is 1.32. The van der Waals surface area contributed by atoms with Gasteiger partial charge in [-0.25, -0.2) is 0 Å². The van der Waals surface area contributed by atoms with Crippen LogP contribution in [0.2, 0.25) is 0 Å². The molecule has 82 valence electrons. The van der Waals surface area contributed by atoms with Gasteiger partial charge < -0.3 is 0 Å². The first-order valence-corrected chi connectivity index (χ1v) is 7.00. The highest BCUT2D eigenvalue weighted by molar-refractivity contribution is 8.01. The summed E-state index contributed by atoms with van der Waals surface area (Å²) in [5, 5.41) is 3.91. The average Bonchev–Trinajstić information content (AvgIpc) is 2.56. The lowest BCUT2D eigenvalue weighted by atomic mass is 9.72. The summed E-state index contributed by atoms with van der Waals surface area (Å²) in [6.07, 6.45) is 6.89. The molecule has 2 heteroatoms. The Balaban J connectivity index is 2.14. The summed E-state index contributed by atoms with van der Waals surface area (Å²) >= 11 is 2.19. The monoisotopic (exact) mass is 213 g/mol. The highest BCUT2D eigenvalue weighted by Crippen LogP contribution is 2.53. The molecule has 1 N–H and O–H groups in total. The van der Waals surface area contributed by atoms with Crippen molar-refractivity contribution in [2.45, 2.75) is 63.8 Å². The molecule has 2 aliphatic rings. The zero-order valence-electron chi connectivity index (χ0n) is 9.73. The lowest BCUT2D eigenvalue weighted by Crippen LogP contribution is -2.53. The Bertz CT molecular complexity index is 214. The van der Waals surface area contributed by atoms with E-state index in [1.807, 2.05) is 0 Å². The molecule has 2 unspecified atom stereocenters. The van der Waals surface area contributed by atoms with Crippen LogP contribution in [0.5, 0.6) is 0 Å². The molecule has 0 radical (unpaired) electrons. The Hall–Kier alpha value is 0.310. The van der Waals surface area contributed by atoms with Crippen molar-refractivity contribution < 1.29 is 0 Å². The van der Waals surface area contributed by atoms with Gasteiger partial charge >= 0.3 is 0 Å². The highest BCUT2D eigenvalue weighted by Gasteiger charge is 2.50. The van der Waals surface area contributed by atoms with Gasteiger partial charge in [0, 0.05) is 11.8 Å². The minimum absolute atomic E-state index is 0.409. The molecule has 1 aliphatic heterocycles. The first-order chi connectivity index (χ1) is 6.60. The van der Waals surface area contributed by atoms with Gasteiger partial charge in [0.2, 0.25) is 0 Å². The fourth-order valence-electron chi connectivity index (χ4n) is 2.89. The van der Waals surface area contributed by atoms with E-state index < -0.39 is 0 Å². The van der Waals surface area contributed by atoms with E-state index >= 15 is 0 Å². The summed E-state index contributed by atoms with van der Waals surface area (Å²) in [7, 11) is 0. The van der Waals surface area contributed by atoms with Crippen molar-refractivity contribution in [2.24, 2.45) is 5.41 Å². The summed E-state index contributed by atoms with van der Waals surface area (Å²) in [5.41, 5.74) is 0.486. The normalized spacial score (nSPS) is 41.8. The lowest BCUT2D eigenvalue weighted by Gasteiger charge is -2.48. The van der Waals surface area contributed by atoms with Gasteiger partial charge in [-0.1, -0.05) is 33.6 Å². The predicted octanol–water partition coefficient (Wildman–Crippen LogP) is 3.40. The zero-order valence-corrected chi connectivity index (χ0v) is 10.5. The summed E-state index contributed by atoms with van der Waals surface area (Å²) in [4.78, 5) is 0.409. The first-order valence-electron chi connectivity index (χ1n) is 6.01. The summed E-state index contributed by atoms with van der Waals surface area (Å²) in [6, 6.07) is 0.761. The molecule has 0 bridgehead atoms. The maximum atomic E-state index is 3.91. The molecule has 1 nitrogen and oxygen atoms in total. The van der Waals surface area contributed by atoms with Crippen molar-refractivity contribution in [2.75, 3.05) is 5.75 Å². The molecule has 1 heterocycles. The molecule has 2 atom stereocenters. The van der Waals surface area contributed by atoms with Gasteiger partial charge in [-0.2, -0.15) is 0 Å². The molecule has 14 heavy (non-hydrogen) atoms. The molecule has 0 amide bonds. The molecule has 1 spiro atoms. The molecule has 2 rings (SSSR count). The number of nitrogens with one attached hydrogen (secondary N) is 1. The van der Waals surface area contributed by atoms with Gasteiger partial charge in [0.15, 0.2) is 0 Å². The Morgan fingerprint density at radius 2 is 2.00 bits per heavy atom. The predicted molar refractivity (Wildman–Crippen MR) is 64.7 cm³/mol. The van der Waals surface area contributed by atoms with Crippen LogP contribution in [0, 0.1) is 5.41 Å². The Labute approximate surface area is 92.4 Å². The number of hydrogen-bond donors (Lipinski definition) is 1. The van der Waals surface area contributed by atoms with Crippen molar-refractivity contribution in [1.82, 2.24) is 5.32 Å². The van der Waals surface area contributed by atoms with Crippen molar-refractivity contribution in [3.8, 4) is 0 Å². The molecule has 1 saturated heterocycles. The summed E-state index contributed by atoms with van der Waals surface area (Å²) < 4.78 is 0. The van der Waals surface area contributed by atoms with Crippen LogP contribution in [-0.2, 0) is 0 Å². The van der Waals surface area contributed by atoms with Crippen LogP contribution in [0.25, 0.3) is 0 Å². The Morgan fingerprint density at radius 1 is 1.29 bits per heavy atom. The topological polar surface area (TPSA) is 12.0 Å². The van der Waals surface area contributed by atoms with Gasteiger partial charge in [0.05, 0.1) is 4.87 Å². The second-order valence-electron chi connectivity index (χ2n) is 5.48. The van der Waals surface area contributed by atoms with E-state index in [4.69, 9.17) is 0 Å². The van der Waals surface area contributed by atoms with E-state index in [1.54, 1.807) is 0 Å². The molecule has 0 aromatic rings. The highest BCUT2D eigenvalue weighted by atomic mass is 32.2. The van der Waals surface area contributed by atoms with Crippen LogP contribution in [0.4, 0.5) is 0 Å². The lowest BCUT2D eigenvalue weighted by molar-refractivity contribution is 0.138. The van der Waals surface area contributed by atoms with Crippen LogP contribution in [0.15, 0.2) is 0 Å². The van der Waals surface area contributed by atoms with Gasteiger partial charge in [-0.05, 0) is 24.7 Å². The smallest absolute Gasteiger partial charge is 0.0699 e. The first kappa shape index (κ1) is 10.8. The molecule has 1 aliphatic carbocycles. The third kappa shape index (κ3) is 1.61. The van der Waals surface area contributed by atoms with Crippen molar-refractivity contribution >= 4 is 11.8 Å². The zero-order chi connectivity index (χ0) is 10.2. The molecule has 0 aromatic heterocycles. The van der Waals surface area contributed by atoms with E-state index in [2.05, 4.69) is 37.8 Å². The second kappa shape index (κ2) is 3.71. The van der Waals surface area contributed by atoms with Gasteiger partial charge in [0.1, 0.15) is 0 Å². The van der Waals surface area contributed by atoms with Crippen LogP contribution in [0.3, 0.4) is 0 Å². The van der Waals surface area contributed by atoms with E-state index in [-0.39, 0.29) is 0 Å². The van der Waals surface area contributed by atoms with E-state index in [0.717, 1.165) is 6.04 Å². The number of thioether (sulfide) groups is 1. The molecular formula is C12H23NS. The van der Waals surface area contributed by atoms with Crippen LogP contribution >= 0.6 is 11.8 Å². The van der Waals surface area contributed by atoms with Crippen LogP contribution < -0.4 is 5.32 Å². The van der Waals surface area contributed by atoms with E-state index in [0.29, 0.717) is 10.3 Å². The SMILES string of the molecule is CCC1CSC2(CCCCC2(C)C)N1. The minimum Gasteiger partial charge on any atom is -0.299 e. The molecule has 2 fully saturated rings. The van der Waals surface area contributed by atoms with E-state index in [9.17, 15) is 0 Å². The molecule has 0 aromatic carbocycles. The number of rotatable bonds is 1. The fourth-order valence-corrected chi connectivity index (χ4v) is 4.73. The quantitative estimate of drug-likeness (QED) is 0.716. The fraction of sp³-hybridized carbons (Fsp3) is 1.00. The average molecular weight is 213 g/mol. The van der Waals surface area contributed by atoms with Crippen LogP contribution in [-0.4, -0.2) is 16.7 Å². The van der Waals surface area contributed by atoms with Gasteiger partial charge in [-0.3, -0.25) is 5.32 Å². The maximum Gasteiger partial charge on any atom is 0.0699 e. The maximum absolute atomic E-state index is 3.91. The third-order valence-corrected chi connectivity index (χ3v) is 6.07. The third-order valence-electron chi connectivity index (χ3n) is 4.13. The van der Waals surface area contributed by atoms with Crippen molar-refractivity contribution in [3.05, 3.63) is 0 Å². The van der Waals surface area contributed by atoms with Gasteiger partial charge in [0.25, 0.3) is 0 Å². The largest absolute Gasteiger partial charge is 0.299 e. The van der Waals surface area contributed by atoms with Crippen molar-refractivity contribution in [1.29, 1.82) is 0 Å². The summed E-state index contributed by atoms with van der Waals surface area (Å²) in [6.45, 7) is 7.20. The van der Waals surface area contributed by atoms with Gasteiger partial charge in [-0.15, -0.1) is 11.8 Å². The standard InChI is InChI=1S/C12H23NS/c1-4-10-9-14-12(13-10)8-6-5-7-11(12,2)3/h10,13H,4-9H2,1-3H3. The minimum atomic E-state index is 0.409. The second-order valence-corrected chi connectivity index (χ2v) is 6.80. The van der Waals surface area contributed by atoms with Crippen LogP contribution in [0.1, 0.15) is 52.9 Å². The van der Waals surface area contributed by atoms with Crippen molar-refractivity contribution in [3.63, 3.8) is 0 Å². The number of hydrogen-bond acceptors (Lipinski definition) is 2. The van der Waals surface area contributed by atoms with E-state index in [1.165, 1.54) is 37.9 Å². The Kier molecular flexibility index (Phi) is 2.87. The molecule has 1 saturated carbocycles.